The molecule has 0 atom stereocenters. The predicted octanol–water partition coefficient (Wildman–Crippen LogP) is 1.15. The van der Waals surface area contributed by atoms with Gasteiger partial charge < -0.3 is 14.2 Å². The van der Waals surface area contributed by atoms with Crippen LogP contribution in [-0.4, -0.2) is 32.4 Å². The Kier molecular flexibility index (Phi) is 5.26. The lowest BCUT2D eigenvalue weighted by molar-refractivity contribution is -0.129. The summed E-state index contributed by atoms with van der Waals surface area (Å²) in [6.45, 7) is 0. The van der Waals surface area contributed by atoms with Crippen LogP contribution in [0.15, 0.2) is 12.1 Å². The molecule has 2 N–H and O–H groups in total. The summed E-state index contributed by atoms with van der Waals surface area (Å²) in [7, 11) is 4.58. The van der Waals surface area contributed by atoms with Crippen LogP contribution in [0.2, 0.25) is 0 Å². The molecular formula is C12H17NO5. The van der Waals surface area contributed by atoms with Crippen molar-refractivity contribution in [1.29, 1.82) is 0 Å². The minimum Gasteiger partial charge on any atom is -0.493 e. The Balaban J connectivity index is 3.01. The molecule has 0 saturated carbocycles. The second kappa shape index (κ2) is 6.70. The molecule has 0 radical (unpaired) electrons. The molecule has 0 aliphatic carbocycles. The number of methoxy groups -OCH3 is 3. The Labute approximate surface area is 105 Å². The second-order valence-electron chi connectivity index (χ2n) is 3.53. The standard InChI is InChI=1S/C12H17NO5/c1-16-9-6-4-8(5-7-10(14)13-15)11(17-2)12(9)18-3/h4,6,15H,5,7H2,1-3H3,(H,13,14). The molecule has 0 heterocycles. The van der Waals surface area contributed by atoms with E-state index in [2.05, 4.69) is 0 Å². The largest absolute Gasteiger partial charge is 0.493 e. The Morgan fingerprint density at radius 2 is 1.83 bits per heavy atom. The van der Waals surface area contributed by atoms with Crippen LogP contribution in [0.3, 0.4) is 0 Å². The number of rotatable bonds is 6. The maximum atomic E-state index is 11.0. The van der Waals surface area contributed by atoms with Gasteiger partial charge in [0.1, 0.15) is 0 Å². The smallest absolute Gasteiger partial charge is 0.243 e. The molecule has 1 aromatic carbocycles. The van der Waals surface area contributed by atoms with Crippen LogP contribution in [0.25, 0.3) is 0 Å². The average Bonchev–Trinajstić information content (AvgIpc) is 2.43. The Bertz CT molecular complexity index is 419. The van der Waals surface area contributed by atoms with Crippen molar-refractivity contribution < 1.29 is 24.2 Å². The van der Waals surface area contributed by atoms with Crippen molar-refractivity contribution in [2.45, 2.75) is 12.8 Å². The SMILES string of the molecule is COc1ccc(CCC(=O)NO)c(OC)c1OC. The maximum Gasteiger partial charge on any atom is 0.243 e. The highest BCUT2D eigenvalue weighted by Gasteiger charge is 2.16. The van der Waals surface area contributed by atoms with Crippen molar-refractivity contribution in [3.63, 3.8) is 0 Å². The summed E-state index contributed by atoms with van der Waals surface area (Å²) in [5.41, 5.74) is 2.39. The summed E-state index contributed by atoms with van der Waals surface area (Å²) in [6.07, 6.45) is 0.582. The van der Waals surface area contributed by atoms with Crippen LogP contribution in [0.1, 0.15) is 12.0 Å². The summed E-state index contributed by atoms with van der Waals surface area (Å²) in [4.78, 5) is 11.0. The van der Waals surface area contributed by atoms with E-state index in [-0.39, 0.29) is 6.42 Å². The van der Waals surface area contributed by atoms with Gasteiger partial charge in [0.25, 0.3) is 0 Å². The maximum absolute atomic E-state index is 11.0. The minimum absolute atomic E-state index is 0.155. The predicted molar refractivity (Wildman–Crippen MR) is 64.3 cm³/mol. The van der Waals surface area contributed by atoms with E-state index >= 15 is 0 Å². The number of aryl methyl sites for hydroxylation is 1. The Hall–Kier alpha value is -1.95. The van der Waals surface area contributed by atoms with Gasteiger partial charge >= 0.3 is 0 Å². The average molecular weight is 255 g/mol. The number of carbonyl (C=O) groups is 1. The fraction of sp³-hybridized carbons (Fsp3) is 0.417. The van der Waals surface area contributed by atoms with Crippen LogP contribution in [0.4, 0.5) is 0 Å². The number of amides is 1. The summed E-state index contributed by atoms with van der Waals surface area (Å²) < 4.78 is 15.7. The Morgan fingerprint density at radius 3 is 2.33 bits per heavy atom. The molecule has 18 heavy (non-hydrogen) atoms. The zero-order chi connectivity index (χ0) is 13.5. The molecule has 0 aliphatic rings. The van der Waals surface area contributed by atoms with E-state index in [1.165, 1.54) is 21.3 Å². The summed E-state index contributed by atoms with van der Waals surface area (Å²) >= 11 is 0. The topological polar surface area (TPSA) is 77.0 Å². The van der Waals surface area contributed by atoms with Gasteiger partial charge in [0.05, 0.1) is 21.3 Å². The lowest BCUT2D eigenvalue weighted by Crippen LogP contribution is -2.18. The van der Waals surface area contributed by atoms with Gasteiger partial charge in [-0.2, -0.15) is 0 Å². The monoisotopic (exact) mass is 255 g/mol. The molecule has 6 nitrogen and oxygen atoms in total. The first-order valence-corrected chi connectivity index (χ1v) is 5.38. The molecule has 0 spiro atoms. The lowest BCUT2D eigenvalue weighted by atomic mass is 10.1. The molecule has 6 heteroatoms. The zero-order valence-corrected chi connectivity index (χ0v) is 10.6. The first kappa shape index (κ1) is 14.1. The molecule has 0 aromatic heterocycles. The van der Waals surface area contributed by atoms with Gasteiger partial charge in [-0.3, -0.25) is 10.0 Å². The summed E-state index contributed by atoms with van der Waals surface area (Å²) in [6, 6.07) is 3.54. The van der Waals surface area contributed by atoms with Crippen molar-refractivity contribution in [3.05, 3.63) is 17.7 Å². The van der Waals surface area contributed by atoms with Gasteiger partial charge in [-0.1, -0.05) is 6.07 Å². The van der Waals surface area contributed by atoms with Crippen molar-refractivity contribution in [1.82, 2.24) is 5.48 Å². The van der Waals surface area contributed by atoms with Gasteiger partial charge in [-0.05, 0) is 18.1 Å². The highest BCUT2D eigenvalue weighted by Crippen LogP contribution is 2.40. The third kappa shape index (κ3) is 3.04. The molecular weight excluding hydrogens is 238 g/mol. The minimum atomic E-state index is -0.452. The molecule has 1 amide bonds. The number of benzene rings is 1. The van der Waals surface area contributed by atoms with Crippen LogP contribution in [0.5, 0.6) is 17.2 Å². The quantitative estimate of drug-likeness (QED) is 0.589. The fourth-order valence-electron chi connectivity index (χ4n) is 1.66. The van der Waals surface area contributed by atoms with Crippen LogP contribution in [0, 0.1) is 0 Å². The molecule has 0 bridgehead atoms. The van der Waals surface area contributed by atoms with Gasteiger partial charge in [-0.25, -0.2) is 5.48 Å². The molecule has 0 saturated heterocycles. The van der Waals surface area contributed by atoms with Crippen LogP contribution in [-0.2, 0) is 11.2 Å². The number of hydrogen-bond acceptors (Lipinski definition) is 5. The van der Waals surface area contributed by atoms with E-state index in [1.54, 1.807) is 17.6 Å². The number of nitrogens with one attached hydrogen (secondary N) is 1. The summed E-state index contributed by atoms with van der Waals surface area (Å²) in [5.74, 6) is 1.13. The molecule has 100 valence electrons. The van der Waals surface area contributed by atoms with E-state index in [0.717, 1.165) is 5.56 Å². The van der Waals surface area contributed by atoms with E-state index in [1.807, 2.05) is 0 Å². The van der Waals surface area contributed by atoms with Gasteiger partial charge in [0.15, 0.2) is 11.5 Å². The summed E-state index contributed by atoms with van der Waals surface area (Å²) in [5, 5.41) is 8.45. The first-order valence-electron chi connectivity index (χ1n) is 5.38. The zero-order valence-electron chi connectivity index (χ0n) is 10.6. The van der Waals surface area contributed by atoms with Gasteiger partial charge in [-0.15, -0.1) is 0 Å². The van der Waals surface area contributed by atoms with Crippen molar-refractivity contribution in [2.24, 2.45) is 0 Å². The molecule has 1 aromatic rings. The third-order valence-corrected chi connectivity index (χ3v) is 2.53. The van der Waals surface area contributed by atoms with Gasteiger partial charge in [0, 0.05) is 6.42 Å². The van der Waals surface area contributed by atoms with Crippen molar-refractivity contribution in [2.75, 3.05) is 21.3 Å². The third-order valence-electron chi connectivity index (χ3n) is 2.53. The molecule has 1 rings (SSSR count). The number of hydroxylamine groups is 1. The van der Waals surface area contributed by atoms with E-state index in [0.29, 0.717) is 23.7 Å². The number of ether oxygens (including phenoxy) is 3. The van der Waals surface area contributed by atoms with Gasteiger partial charge in [0.2, 0.25) is 11.7 Å². The highest BCUT2D eigenvalue weighted by molar-refractivity contribution is 5.75. The fourth-order valence-corrected chi connectivity index (χ4v) is 1.66. The lowest BCUT2D eigenvalue weighted by Gasteiger charge is -2.15. The number of carbonyl (C=O) groups excluding carboxylic acids is 1. The first-order chi connectivity index (χ1) is 8.67. The normalized spacial score (nSPS) is 9.78. The van der Waals surface area contributed by atoms with Crippen molar-refractivity contribution in [3.8, 4) is 17.2 Å². The van der Waals surface area contributed by atoms with E-state index in [4.69, 9.17) is 19.4 Å². The molecule has 0 unspecified atom stereocenters. The molecule has 0 aliphatic heterocycles. The van der Waals surface area contributed by atoms with Crippen molar-refractivity contribution >= 4 is 5.91 Å². The number of hydrogen-bond donors (Lipinski definition) is 2. The molecule has 0 fully saturated rings. The van der Waals surface area contributed by atoms with E-state index < -0.39 is 5.91 Å². The van der Waals surface area contributed by atoms with Crippen LogP contribution < -0.4 is 19.7 Å². The highest BCUT2D eigenvalue weighted by atomic mass is 16.5. The second-order valence-corrected chi connectivity index (χ2v) is 3.53. The van der Waals surface area contributed by atoms with E-state index in [9.17, 15) is 4.79 Å². The van der Waals surface area contributed by atoms with Crippen LogP contribution >= 0.6 is 0 Å². The Morgan fingerprint density at radius 1 is 1.17 bits per heavy atom.